The van der Waals surface area contributed by atoms with Gasteiger partial charge in [0, 0.05) is 12.2 Å². The first-order chi connectivity index (χ1) is 12.5. The van der Waals surface area contributed by atoms with Gasteiger partial charge < -0.3 is 17.0 Å². The fourth-order valence-corrected chi connectivity index (χ4v) is 3.14. The molecule has 0 amide bonds. The van der Waals surface area contributed by atoms with Gasteiger partial charge in [-0.15, -0.1) is 10.2 Å². The zero-order chi connectivity index (χ0) is 20.5. The summed E-state index contributed by atoms with van der Waals surface area (Å²) in [6.45, 7) is 4.60. The highest BCUT2D eigenvalue weighted by molar-refractivity contribution is 7.86. The van der Waals surface area contributed by atoms with E-state index in [4.69, 9.17) is 5.73 Å². The number of hydrogen-bond acceptors (Lipinski definition) is 9. The first-order valence-electron chi connectivity index (χ1n) is 7.73. The Bertz CT molecular complexity index is 1120. The molecule has 152 valence electrons. The van der Waals surface area contributed by atoms with E-state index in [-0.39, 0.29) is 40.9 Å². The molecular weight excluding hydrogens is 390 g/mol. The molecule has 0 saturated heterocycles. The van der Waals surface area contributed by atoms with E-state index in [1.54, 1.807) is 13.8 Å². The van der Waals surface area contributed by atoms with E-state index in [2.05, 4.69) is 10.2 Å². The number of hydrogen-bond donors (Lipinski definition) is 4. The largest absolute Gasteiger partial charge is 0.494 e. The lowest BCUT2D eigenvalue weighted by Gasteiger charge is -2.11. The van der Waals surface area contributed by atoms with Crippen LogP contribution in [0.15, 0.2) is 32.1 Å². The standard InChI is InChI=1S/C16H18N4O6S.H3N/c1-4-20-15(22)10(7-21)9(3)14(16(20)23)19-18-12-6-11(17)8(2)5-13(12)27(24,25)26;/h5-7,22H,4,17H2,1-3H3,(H,24,25,26);1H3. The van der Waals surface area contributed by atoms with Crippen molar-refractivity contribution in [2.24, 2.45) is 10.2 Å². The zero-order valence-corrected chi connectivity index (χ0v) is 16.3. The van der Waals surface area contributed by atoms with E-state index < -0.39 is 26.5 Å². The van der Waals surface area contributed by atoms with Gasteiger partial charge in [-0.3, -0.25) is 18.7 Å². The Balaban J connectivity index is 0.00000392. The highest BCUT2D eigenvalue weighted by Gasteiger charge is 2.20. The van der Waals surface area contributed by atoms with Crippen LogP contribution in [-0.4, -0.2) is 28.9 Å². The van der Waals surface area contributed by atoms with E-state index in [0.29, 0.717) is 11.8 Å². The number of aromatic hydroxyl groups is 1. The summed E-state index contributed by atoms with van der Waals surface area (Å²) in [6.07, 6.45) is 0.378. The number of nitrogens with two attached hydrogens (primary N) is 1. The lowest BCUT2D eigenvalue weighted by atomic mass is 10.1. The molecule has 1 aromatic carbocycles. The molecule has 11 nitrogen and oxygen atoms in total. The maximum atomic E-state index is 12.5. The average molecular weight is 411 g/mol. The molecule has 2 rings (SSSR count). The number of aromatic nitrogens is 1. The Morgan fingerprint density at radius 3 is 2.36 bits per heavy atom. The SMILES string of the molecule is CCn1c(O)c(C=O)c(C)c(N=Nc2cc(N)c(C)cc2S(=O)(=O)O)c1=O.N. The van der Waals surface area contributed by atoms with Gasteiger partial charge in [0.2, 0.25) is 5.88 Å². The summed E-state index contributed by atoms with van der Waals surface area (Å²) in [5.74, 6) is -0.493. The Morgan fingerprint density at radius 1 is 1.25 bits per heavy atom. The van der Waals surface area contributed by atoms with Gasteiger partial charge in [0.1, 0.15) is 10.6 Å². The fourth-order valence-electron chi connectivity index (χ4n) is 2.45. The van der Waals surface area contributed by atoms with Gasteiger partial charge in [0.15, 0.2) is 12.0 Å². The molecule has 0 saturated carbocycles. The Labute approximate surface area is 160 Å². The lowest BCUT2D eigenvalue weighted by molar-refractivity contribution is 0.111. The summed E-state index contributed by atoms with van der Waals surface area (Å²) in [6, 6.07) is 2.32. The first-order valence-corrected chi connectivity index (χ1v) is 9.17. The van der Waals surface area contributed by atoms with E-state index in [1.807, 2.05) is 0 Å². The second-order valence-corrected chi connectivity index (χ2v) is 7.12. The highest BCUT2D eigenvalue weighted by Crippen LogP contribution is 2.32. The van der Waals surface area contributed by atoms with Crippen molar-refractivity contribution in [3.05, 3.63) is 39.2 Å². The van der Waals surface area contributed by atoms with Crippen molar-refractivity contribution in [3.63, 3.8) is 0 Å². The van der Waals surface area contributed by atoms with Crippen LogP contribution in [0.25, 0.3) is 0 Å². The molecule has 1 heterocycles. The third kappa shape index (κ3) is 4.08. The molecule has 28 heavy (non-hydrogen) atoms. The summed E-state index contributed by atoms with van der Waals surface area (Å²) in [5, 5.41) is 17.5. The van der Waals surface area contributed by atoms with Crippen LogP contribution >= 0.6 is 0 Å². The lowest BCUT2D eigenvalue weighted by Crippen LogP contribution is -2.21. The van der Waals surface area contributed by atoms with Gasteiger partial charge in [-0.25, -0.2) is 0 Å². The van der Waals surface area contributed by atoms with Gasteiger partial charge in [-0.2, -0.15) is 8.42 Å². The molecule has 0 spiro atoms. The second kappa shape index (κ2) is 8.29. The van der Waals surface area contributed by atoms with Crippen LogP contribution < -0.4 is 17.4 Å². The number of nitrogens with zero attached hydrogens (tertiary/aromatic N) is 3. The van der Waals surface area contributed by atoms with E-state index in [9.17, 15) is 27.7 Å². The minimum Gasteiger partial charge on any atom is -0.494 e. The van der Waals surface area contributed by atoms with Crippen molar-refractivity contribution < 1.29 is 22.9 Å². The number of azo groups is 1. The predicted molar refractivity (Wildman–Crippen MR) is 103 cm³/mol. The molecule has 0 aliphatic heterocycles. The number of carbonyl (C=O) groups is 1. The number of pyridine rings is 1. The molecule has 0 atom stereocenters. The van der Waals surface area contributed by atoms with Crippen molar-refractivity contribution in [1.82, 2.24) is 10.7 Å². The number of anilines is 1. The summed E-state index contributed by atoms with van der Waals surface area (Å²) in [4.78, 5) is 23.2. The van der Waals surface area contributed by atoms with Crippen molar-refractivity contribution in [1.29, 1.82) is 0 Å². The molecular formula is C16H21N5O6S. The molecule has 0 aliphatic rings. The molecule has 0 bridgehead atoms. The molecule has 7 N–H and O–H groups in total. The van der Waals surface area contributed by atoms with Crippen molar-refractivity contribution in [3.8, 4) is 5.88 Å². The van der Waals surface area contributed by atoms with Crippen LogP contribution in [0.4, 0.5) is 17.1 Å². The van der Waals surface area contributed by atoms with Crippen molar-refractivity contribution in [2.75, 3.05) is 5.73 Å². The third-order valence-corrected chi connectivity index (χ3v) is 4.90. The van der Waals surface area contributed by atoms with E-state index in [1.165, 1.54) is 13.0 Å². The van der Waals surface area contributed by atoms with E-state index in [0.717, 1.165) is 10.6 Å². The average Bonchev–Trinajstić information content (AvgIpc) is 2.57. The number of nitrogen functional groups attached to an aromatic ring is 1. The van der Waals surface area contributed by atoms with Crippen LogP contribution in [0.5, 0.6) is 5.88 Å². The number of benzene rings is 1. The molecule has 1 aromatic heterocycles. The van der Waals surface area contributed by atoms with Crippen LogP contribution in [0.1, 0.15) is 28.4 Å². The summed E-state index contributed by atoms with van der Waals surface area (Å²) in [7, 11) is -4.62. The van der Waals surface area contributed by atoms with Gasteiger partial charge >= 0.3 is 0 Å². The summed E-state index contributed by atoms with van der Waals surface area (Å²) < 4.78 is 33.5. The minimum absolute atomic E-state index is 0. The minimum atomic E-state index is -4.62. The Kier molecular flexibility index (Phi) is 6.79. The topological polar surface area (TPSA) is 199 Å². The van der Waals surface area contributed by atoms with Gasteiger partial charge in [-0.05, 0) is 44.0 Å². The monoisotopic (exact) mass is 411 g/mol. The number of aldehydes is 1. The highest BCUT2D eigenvalue weighted by atomic mass is 32.2. The van der Waals surface area contributed by atoms with Crippen LogP contribution in [0, 0.1) is 13.8 Å². The number of carbonyl (C=O) groups excluding carboxylic acids is 1. The Hall–Kier alpha value is -3.09. The van der Waals surface area contributed by atoms with Gasteiger partial charge in [-0.1, -0.05) is 0 Å². The van der Waals surface area contributed by atoms with E-state index >= 15 is 0 Å². The normalized spacial score (nSPS) is 11.4. The van der Waals surface area contributed by atoms with Crippen LogP contribution in [0.3, 0.4) is 0 Å². The van der Waals surface area contributed by atoms with Gasteiger partial charge in [0.25, 0.3) is 15.7 Å². The van der Waals surface area contributed by atoms with Gasteiger partial charge in [0.05, 0.1) is 5.56 Å². The zero-order valence-electron chi connectivity index (χ0n) is 15.5. The second-order valence-electron chi connectivity index (χ2n) is 5.73. The molecule has 0 radical (unpaired) electrons. The van der Waals surface area contributed by atoms with Crippen molar-refractivity contribution >= 4 is 33.5 Å². The third-order valence-electron chi connectivity index (χ3n) is 4.02. The molecule has 0 aliphatic carbocycles. The van der Waals surface area contributed by atoms with Crippen molar-refractivity contribution in [2.45, 2.75) is 32.2 Å². The smallest absolute Gasteiger partial charge is 0.296 e. The summed E-state index contributed by atoms with van der Waals surface area (Å²) in [5.41, 5.74) is 5.06. The van der Waals surface area contributed by atoms with Crippen LogP contribution in [0.2, 0.25) is 0 Å². The predicted octanol–water partition coefficient (Wildman–Crippen LogP) is 2.41. The first kappa shape index (κ1) is 23.0. The van der Waals surface area contributed by atoms with Crippen LogP contribution in [-0.2, 0) is 16.7 Å². The maximum absolute atomic E-state index is 12.5. The maximum Gasteiger partial charge on any atom is 0.296 e. The summed E-state index contributed by atoms with van der Waals surface area (Å²) >= 11 is 0. The fraction of sp³-hybridized carbons (Fsp3) is 0.250. The molecule has 12 heteroatoms. The molecule has 0 fully saturated rings. The quantitative estimate of drug-likeness (QED) is 0.248. The number of aryl methyl sites for hydroxylation is 1. The number of rotatable bonds is 5. The Morgan fingerprint density at radius 2 is 1.86 bits per heavy atom. The molecule has 2 aromatic rings. The molecule has 0 unspecified atom stereocenters.